The molecular weight excluding hydrogens is 336 g/mol. The molecule has 2 aromatic carbocycles. The van der Waals surface area contributed by atoms with Crippen molar-refractivity contribution in [2.75, 3.05) is 19.6 Å². The molecule has 1 N–H and O–H groups in total. The minimum absolute atomic E-state index is 0.00366. The summed E-state index contributed by atoms with van der Waals surface area (Å²) in [5.74, 6) is 1.50. The fourth-order valence-electron chi connectivity index (χ4n) is 3.17. The maximum atomic E-state index is 12.6. The van der Waals surface area contributed by atoms with Crippen LogP contribution in [-0.2, 0) is 4.79 Å². The van der Waals surface area contributed by atoms with Gasteiger partial charge in [0, 0.05) is 16.1 Å². The van der Waals surface area contributed by atoms with Gasteiger partial charge in [-0.1, -0.05) is 49.7 Å². The Morgan fingerprint density at radius 3 is 2.68 bits per heavy atom. The van der Waals surface area contributed by atoms with E-state index in [0.29, 0.717) is 17.3 Å². The third kappa shape index (κ3) is 3.65. The third-order valence-corrected chi connectivity index (χ3v) is 4.85. The summed E-state index contributed by atoms with van der Waals surface area (Å²) in [6.45, 7) is 8.19. The zero-order valence-corrected chi connectivity index (χ0v) is 15.6. The standard InChI is InChI=1S/C20H23ClN2O2/c1-4-23(5-2)12-18(24)22-19-15-10-9-14(21)11-17(15)25-20-13(3)7-6-8-16(19)20/h6-11,19H,4-5,12H2,1-3H3,(H,22,24). The van der Waals surface area contributed by atoms with Gasteiger partial charge in [-0.2, -0.15) is 0 Å². The number of nitrogens with zero attached hydrogens (tertiary/aromatic N) is 1. The maximum absolute atomic E-state index is 12.6. The Morgan fingerprint density at radius 2 is 1.96 bits per heavy atom. The largest absolute Gasteiger partial charge is 0.456 e. The zero-order valence-electron chi connectivity index (χ0n) is 14.8. The van der Waals surface area contributed by atoms with Crippen LogP contribution in [0.2, 0.25) is 5.02 Å². The highest BCUT2D eigenvalue weighted by Crippen LogP contribution is 2.45. The predicted octanol–water partition coefficient (Wildman–Crippen LogP) is 4.30. The molecule has 1 amide bonds. The van der Waals surface area contributed by atoms with Gasteiger partial charge in [0.05, 0.1) is 12.6 Å². The number of amides is 1. The predicted molar refractivity (Wildman–Crippen MR) is 100 cm³/mol. The molecule has 0 aromatic heterocycles. The summed E-state index contributed by atoms with van der Waals surface area (Å²) in [5, 5.41) is 3.79. The van der Waals surface area contributed by atoms with Crippen molar-refractivity contribution in [2.45, 2.75) is 26.8 Å². The van der Waals surface area contributed by atoms with Crippen molar-refractivity contribution in [3.8, 4) is 11.5 Å². The molecule has 0 saturated heterocycles. The number of hydrogen-bond donors (Lipinski definition) is 1. The lowest BCUT2D eigenvalue weighted by Crippen LogP contribution is -2.39. The molecular formula is C20H23ClN2O2. The first-order valence-corrected chi connectivity index (χ1v) is 8.99. The molecule has 0 bridgehead atoms. The Balaban J connectivity index is 1.95. The molecule has 1 unspecified atom stereocenters. The molecule has 1 atom stereocenters. The van der Waals surface area contributed by atoms with E-state index in [1.165, 1.54) is 0 Å². The molecule has 5 heteroatoms. The van der Waals surface area contributed by atoms with Crippen LogP contribution in [0.25, 0.3) is 0 Å². The van der Waals surface area contributed by atoms with E-state index in [9.17, 15) is 4.79 Å². The summed E-state index contributed by atoms with van der Waals surface area (Å²) < 4.78 is 6.08. The zero-order chi connectivity index (χ0) is 18.0. The smallest absolute Gasteiger partial charge is 0.234 e. The van der Waals surface area contributed by atoms with Gasteiger partial charge in [0.1, 0.15) is 11.5 Å². The van der Waals surface area contributed by atoms with Crippen LogP contribution in [0.1, 0.15) is 36.6 Å². The average molecular weight is 359 g/mol. The number of fused-ring (bicyclic) bond motifs is 2. The minimum atomic E-state index is -0.237. The molecule has 0 radical (unpaired) electrons. The van der Waals surface area contributed by atoms with Crippen molar-refractivity contribution in [1.29, 1.82) is 0 Å². The van der Waals surface area contributed by atoms with E-state index in [1.807, 2.05) is 37.3 Å². The Labute approximate surface area is 153 Å². The molecule has 0 fully saturated rings. The molecule has 0 saturated carbocycles. The Morgan fingerprint density at radius 1 is 1.20 bits per heavy atom. The van der Waals surface area contributed by atoms with Gasteiger partial charge in [0.25, 0.3) is 0 Å². The van der Waals surface area contributed by atoms with Gasteiger partial charge in [-0.05, 0) is 37.7 Å². The highest BCUT2D eigenvalue weighted by atomic mass is 35.5. The Hall–Kier alpha value is -2.04. The second kappa shape index (κ2) is 7.46. The molecule has 0 spiro atoms. The lowest BCUT2D eigenvalue weighted by atomic mass is 9.93. The van der Waals surface area contributed by atoms with Crippen molar-refractivity contribution in [3.05, 3.63) is 58.1 Å². The highest BCUT2D eigenvalue weighted by molar-refractivity contribution is 6.30. The minimum Gasteiger partial charge on any atom is -0.456 e. The van der Waals surface area contributed by atoms with Gasteiger partial charge in [-0.25, -0.2) is 0 Å². The summed E-state index contributed by atoms with van der Waals surface area (Å²) in [6.07, 6.45) is 0. The lowest BCUT2D eigenvalue weighted by molar-refractivity contribution is -0.122. The van der Waals surface area contributed by atoms with Crippen LogP contribution in [0, 0.1) is 6.92 Å². The molecule has 1 heterocycles. The van der Waals surface area contributed by atoms with Crippen LogP contribution in [0.15, 0.2) is 36.4 Å². The van der Waals surface area contributed by atoms with Gasteiger partial charge in [0.15, 0.2) is 0 Å². The quantitative estimate of drug-likeness (QED) is 0.866. The van der Waals surface area contributed by atoms with Crippen molar-refractivity contribution in [2.24, 2.45) is 0 Å². The van der Waals surface area contributed by atoms with Crippen LogP contribution in [0.3, 0.4) is 0 Å². The van der Waals surface area contributed by atoms with Crippen LogP contribution in [0.4, 0.5) is 0 Å². The summed E-state index contributed by atoms with van der Waals surface area (Å²) in [6, 6.07) is 11.3. The molecule has 25 heavy (non-hydrogen) atoms. The number of likely N-dealkylation sites (N-methyl/N-ethyl adjacent to an activating group) is 1. The number of carbonyl (C=O) groups excluding carboxylic acids is 1. The van der Waals surface area contributed by atoms with Crippen molar-refractivity contribution < 1.29 is 9.53 Å². The number of ether oxygens (including phenoxy) is 1. The van der Waals surface area contributed by atoms with E-state index in [0.717, 1.165) is 35.5 Å². The van der Waals surface area contributed by atoms with Crippen LogP contribution >= 0.6 is 11.6 Å². The molecule has 1 aliphatic rings. The summed E-state index contributed by atoms with van der Waals surface area (Å²) in [4.78, 5) is 14.7. The number of rotatable bonds is 5. The summed E-state index contributed by atoms with van der Waals surface area (Å²) in [7, 11) is 0. The van der Waals surface area contributed by atoms with Crippen molar-refractivity contribution in [1.82, 2.24) is 10.2 Å². The van der Waals surface area contributed by atoms with E-state index < -0.39 is 0 Å². The van der Waals surface area contributed by atoms with Gasteiger partial charge in [0.2, 0.25) is 5.91 Å². The number of para-hydroxylation sites is 1. The van der Waals surface area contributed by atoms with Gasteiger partial charge >= 0.3 is 0 Å². The Kier molecular flexibility index (Phi) is 5.30. The van der Waals surface area contributed by atoms with Gasteiger partial charge in [-0.3, -0.25) is 9.69 Å². The second-order valence-corrected chi connectivity index (χ2v) is 6.68. The lowest BCUT2D eigenvalue weighted by Gasteiger charge is -2.30. The Bertz CT molecular complexity index is 787. The first kappa shape index (κ1) is 17.8. The number of carbonyl (C=O) groups is 1. The van der Waals surface area contributed by atoms with Crippen molar-refractivity contribution in [3.63, 3.8) is 0 Å². The number of halogens is 1. The van der Waals surface area contributed by atoms with Crippen LogP contribution < -0.4 is 10.1 Å². The monoisotopic (exact) mass is 358 g/mol. The number of benzene rings is 2. The van der Waals surface area contributed by atoms with E-state index in [2.05, 4.69) is 24.1 Å². The molecule has 2 aromatic rings. The first-order chi connectivity index (χ1) is 12.0. The molecule has 132 valence electrons. The first-order valence-electron chi connectivity index (χ1n) is 8.62. The fraction of sp³-hybridized carbons (Fsp3) is 0.350. The third-order valence-electron chi connectivity index (χ3n) is 4.62. The molecule has 4 nitrogen and oxygen atoms in total. The normalized spacial score (nSPS) is 15.3. The molecule has 0 aliphatic carbocycles. The topological polar surface area (TPSA) is 41.6 Å². The van der Waals surface area contributed by atoms with E-state index in [4.69, 9.17) is 16.3 Å². The van der Waals surface area contributed by atoms with Gasteiger partial charge in [-0.15, -0.1) is 0 Å². The highest BCUT2D eigenvalue weighted by Gasteiger charge is 2.29. The summed E-state index contributed by atoms with van der Waals surface area (Å²) >= 11 is 6.13. The van der Waals surface area contributed by atoms with Crippen molar-refractivity contribution >= 4 is 17.5 Å². The summed E-state index contributed by atoms with van der Waals surface area (Å²) in [5.41, 5.74) is 2.93. The van der Waals surface area contributed by atoms with Gasteiger partial charge < -0.3 is 10.1 Å². The molecule has 1 aliphatic heterocycles. The van der Waals surface area contributed by atoms with E-state index in [-0.39, 0.29) is 11.9 Å². The van der Waals surface area contributed by atoms with Crippen LogP contribution in [0.5, 0.6) is 11.5 Å². The van der Waals surface area contributed by atoms with Crippen LogP contribution in [-0.4, -0.2) is 30.4 Å². The number of nitrogens with one attached hydrogen (secondary N) is 1. The SMILES string of the molecule is CCN(CC)CC(=O)NC1c2ccc(Cl)cc2Oc2c(C)cccc21. The number of hydrogen-bond acceptors (Lipinski definition) is 3. The van der Waals surface area contributed by atoms with E-state index in [1.54, 1.807) is 6.07 Å². The fourth-order valence-corrected chi connectivity index (χ4v) is 3.33. The number of aryl methyl sites for hydroxylation is 1. The molecule has 3 rings (SSSR count). The maximum Gasteiger partial charge on any atom is 0.234 e. The van der Waals surface area contributed by atoms with E-state index >= 15 is 0 Å². The average Bonchev–Trinajstić information content (AvgIpc) is 2.60. The second-order valence-electron chi connectivity index (χ2n) is 6.24.